The number of aromatic nitrogens is 2. The van der Waals surface area contributed by atoms with Crippen LogP contribution < -0.4 is 10.1 Å². The minimum atomic E-state index is -3.22. The molecule has 0 bridgehead atoms. The lowest BCUT2D eigenvalue weighted by Crippen LogP contribution is -2.20. The number of fused-ring (bicyclic) bond motifs is 2. The van der Waals surface area contributed by atoms with E-state index in [1.165, 1.54) is 0 Å². The highest BCUT2D eigenvalue weighted by Gasteiger charge is 2.31. The highest BCUT2D eigenvalue weighted by atomic mass is 32.2. The van der Waals surface area contributed by atoms with Crippen molar-refractivity contribution in [1.29, 1.82) is 0 Å². The number of sulfone groups is 1. The molecule has 1 aliphatic carbocycles. The minimum Gasteiger partial charge on any atom is -0.496 e. The fraction of sp³-hybridized carbons (Fsp3) is 0.444. The average Bonchev–Trinajstić information content (AvgIpc) is 3.17. The SMILES string of the molecule is COc1cc2nc(C)nc(NC(C)c3cccc4c3CCS4(=O)=O)c2cc1C1CCC(C(=O)O)CC1. The van der Waals surface area contributed by atoms with Crippen LogP contribution in [0.15, 0.2) is 35.2 Å². The van der Waals surface area contributed by atoms with Gasteiger partial charge in [0.1, 0.15) is 17.4 Å². The van der Waals surface area contributed by atoms with E-state index < -0.39 is 15.8 Å². The molecule has 1 aromatic heterocycles. The van der Waals surface area contributed by atoms with Crippen LogP contribution in [0.4, 0.5) is 5.82 Å². The number of aryl methyl sites for hydroxylation is 1. The van der Waals surface area contributed by atoms with Gasteiger partial charge < -0.3 is 15.2 Å². The summed E-state index contributed by atoms with van der Waals surface area (Å²) in [6.07, 6.45) is 3.39. The topological polar surface area (TPSA) is 118 Å². The van der Waals surface area contributed by atoms with Gasteiger partial charge in [-0.1, -0.05) is 12.1 Å². The van der Waals surface area contributed by atoms with Gasteiger partial charge in [0.2, 0.25) is 0 Å². The van der Waals surface area contributed by atoms with Gasteiger partial charge in [0, 0.05) is 11.5 Å². The third-order valence-electron chi connectivity index (χ3n) is 7.62. The Morgan fingerprint density at radius 1 is 1.17 bits per heavy atom. The fourth-order valence-corrected chi connectivity index (χ4v) is 7.30. The van der Waals surface area contributed by atoms with Gasteiger partial charge in [-0.05, 0) is 80.7 Å². The van der Waals surface area contributed by atoms with Gasteiger partial charge in [0.05, 0.1) is 35.2 Å². The van der Waals surface area contributed by atoms with Crippen LogP contribution in [0.3, 0.4) is 0 Å². The lowest BCUT2D eigenvalue weighted by atomic mass is 9.78. The van der Waals surface area contributed by atoms with Crippen molar-refractivity contribution < 1.29 is 23.1 Å². The maximum atomic E-state index is 12.4. The molecule has 1 saturated carbocycles. The van der Waals surface area contributed by atoms with Crippen molar-refractivity contribution in [2.24, 2.45) is 5.92 Å². The zero-order valence-corrected chi connectivity index (χ0v) is 21.6. The van der Waals surface area contributed by atoms with E-state index in [0.717, 1.165) is 46.2 Å². The number of nitrogens with one attached hydrogen (secondary N) is 1. The van der Waals surface area contributed by atoms with Crippen LogP contribution in [0, 0.1) is 12.8 Å². The van der Waals surface area contributed by atoms with Gasteiger partial charge in [0.15, 0.2) is 9.84 Å². The summed E-state index contributed by atoms with van der Waals surface area (Å²) in [6, 6.07) is 9.31. The van der Waals surface area contributed by atoms with Crippen LogP contribution in [0.1, 0.15) is 67.1 Å². The number of benzene rings is 2. The molecule has 3 aromatic rings. The molecule has 5 rings (SSSR count). The summed E-state index contributed by atoms with van der Waals surface area (Å²) < 4.78 is 30.6. The Hall–Kier alpha value is -3.20. The second-order valence-corrected chi connectivity index (χ2v) is 12.0. The zero-order chi connectivity index (χ0) is 25.6. The van der Waals surface area contributed by atoms with Crippen LogP contribution in [0.5, 0.6) is 5.75 Å². The fourth-order valence-electron chi connectivity index (χ4n) is 5.72. The summed E-state index contributed by atoms with van der Waals surface area (Å²) in [7, 11) is -1.57. The third kappa shape index (κ3) is 4.40. The highest BCUT2D eigenvalue weighted by Crippen LogP contribution is 2.42. The standard InChI is InChI=1S/C27H31N3O5S/c1-15(19-5-4-6-25-20(19)11-12-36(25,33)34)28-26-22-13-21(17-7-9-18(10-8-17)27(31)32)24(35-3)14-23(22)29-16(2)30-26/h4-6,13-15,17-18H,7-12H2,1-3H3,(H,31,32)(H,28,29,30). The molecular weight excluding hydrogens is 478 g/mol. The molecule has 1 unspecified atom stereocenters. The second kappa shape index (κ2) is 9.35. The first-order valence-corrected chi connectivity index (χ1v) is 14.0. The highest BCUT2D eigenvalue weighted by molar-refractivity contribution is 7.91. The number of methoxy groups -OCH3 is 1. The summed E-state index contributed by atoms with van der Waals surface area (Å²) in [4.78, 5) is 21.2. The molecule has 2 aromatic carbocycles. The number of ether oxygens (including phenoxy) is 1. The van der Waals surface area contributed by atoms with Crippen molar-refractivity contribution in [3.8, 4) is 5.75 Å². The van der Waals surface area contributed by atoms with Crippen molar-refractivity contribution in [3.05, 3.63) is 52.8 Å². The van der Waals surface area contributed by atoms with Crippen LogP contribution in [0.2, 0.25) is 0 Å². The molecule has 0 radical (unpaired) electrons. The quantitative estimate of drug-likeness (QED) is 0.486. The van der Waals surface area contributed by atoms with E-state index in [2.05, 4.69) is 16.4 Å². The number of carbonyl (C=O) groups is 1. The number of rotatable bonds is 6. The van der Waals surface area contributed by atoms with Crippen molar-refractivity contribution in [2.75, 3.05) is 18.2 Å². The largest absolute Gasteiger partial charge is 0.496 e. The van der Waals surface area contributed by atoms with Crippen LogP contribution in [0.25, 0.3) is 10.9 Å². The molecule has 2 N–H and O–H groups in total. The predicted octanol–water partition coefficient (Wildman–Crippen LogP) is 4.81. The molecule has 1 atom stereocenters. The van der Waals surface area contributed by atoms with Gasteiger partial charge in [0.25, 0.3) is 0 Å². The maximum absolute atomic E-state index is 12.4. The molecule has 0 spiro atoms. The second-order valence-electron chi connectivity index (χ2n) is 9.88. The van der Waals surface area contributed by atoms with Gasteiger partial charge in [-0.3, -0.25) is 4.79 Å². The Kier molecular flexibility index (Phi) is 6.36. The van der Waals surface area contributed by atoms with Crippen LogP contribution in [-0.2, 0) is 21.1 Å². The van der Waals surface area contributed by atoms with Gasteiger partial charge >= 0.3 is 5.97 Å². The molecular formula is C27H31N3O5S. The smallest absolute Gasteiger partial charge is 0.306 e. The minimum absolute atomic E-state index is 0.148. The van der Waals surface area contributed by atoms with Crippen LogP contribution in [-0.4, -0.2) is 42.3 Å². The van der Waals surface area contributed by atoms with E-state index in [0.29, 0.717) is 35.8 Å². The number of aliphatic carboxylic acids is 1. The average molecular weight is 510 g/mol. The van der Waals surface area contributed by atoms with Crippen molar-refractivity contribution in [1.82, 2.24) is 9.97 Å². The van der Waals surface area contributed by atoms with E-state index in [-0.39, 0.29) is 23.6 Å². The summed E-state index contributed by atoms with van der Waals surface area (Å²) in [5, 5.41) is 13.8. The maximum Gasteiger partial charge on any atom is 0.306 e. The van der Waals surface area contributed by atoms with Crippen molar-refractivity contribution in [2.45, 2.75) is 62.8 Å². The molecule has 1 aliphatic heterocycles. The first kappa shape index (κ1) is 24.5. The number of nitrogens with zero attached hydrogens (tertiary/aromatic N) is 2. The zero-order valence-electron chi connectivity index (χ0n) is 20.7. The predicted molar refractivity (Wildman–Crippen MR) is 137 cm³/mol. The molecule has 1 fully saturated rings. The Bertz CT molecular complexity index is 1450. The van der Waals surface area contributed by atoms with E-state index in [1.54, 1.807) is 19.2 Å². The molecule has 36 heavy (non-hydrogen) atoms. The van der Waals surface area contributed by atoms with Crippen LogP contribution >= 0.6 is 0 Å². The van der Waals surface area contributed by atoms with E-state index >= 15 is 0 Å². The number of carboxylic acid groups (broad SMARTS) is 1. The third-order valence-corrected chi connectivity index (χ3v) is 9.41. The molecule has 0 saturated heterocycles. The molecule has 2 aliphatic rings. The number of hydrogen-bond donors (Lipinski definition) is 2. The molecule has 2 heterocycles. The monoisotopic (exact) mass is 509 g/mol. The summed E-state index contributed by atoms with van der Waals surface area (Å²) in [6.45, 7) is 3.86. The Morgan fingerprint density at radius 2 is 1.92 bits per heavy atom. The molecule has 190 valence electrons. The Balaban J connectivity index is 1.52. The van der Waals surface area contributed by atoms with E-state index in [1.807, 2.05) is 26.0 Å². The Morgan fingerprint density at radius 3 is 2.61 bits per heavy atom. The molecule has 8 nitrogen and oxygen atoms in total. The van der Waals surface area contributed by atoms with E-state index in [9.17, 15) is 18.3 Å². The van der Waals surface area contributed by atoms with Gasteiger partial charge in [-0.25, -0.2) is 18.4 Å². The number of carboxylic acids is 1. The lowest BCUT2D eigenvalue weighted by Gasteiger charge is -2.28. The number of anilines is 1. The van der Waals surface area contributed by atoms with Crippen molar-refractivity contribution in [3.63, 3.8) is 0 Å². The first-order chi connectivity index (χ1) is 17.2. The van der Waals surface area contributed by atoms with Gasteiger partial charge in [-0.15, -0.1) is 0 Å². The van der Waals surface area contributed by atoms with E-state index in [4.69, 9.17) is 9.72 Å². The summed E-state index contributed by atoms with van der Waals surface area (Å²) in [5.74, 6) is 1.41. The summed E-state index contributed by atoms with van der Waals surface area (Å²) >= 11 is 0. The van der Waals surface area contributed by atoms with Gasteiger partial charge in [-0.2, -0.15) is 0 Å². The number of hydrogen-bond acceptors (Lipinski definition) is 7. The normalized spacial score (nSPS) is 21.6. The molecule has 0 amide bonds. The summed E-state index contributed by atoms with van der Waals surface area (Å²) in [5.41, 5.74) is 3.64. The van der Waals surface area contributed by atoms with Crippen molar-refractivity contribution >= 4 is 32.5 Å². The lowest BCUT2D eigenvalue weighted by molar-refractivity contribution is -0.142. The first-order valence-electron chi connectivity index (χ1n) is 12.4. The Labute approximate surface area is 211 Å². The molecule has 9 heteroatoms.